The Morgan fingerprint density at radius 2 is 2.21 bits per heavy atom. The molecule has 1 atom stereocenters. The van der Waals surface area contributed by atoms with Crippen LogP contribution in [-0.2, 0) is 14.6 Å². The Morgan fingerprint density at radius 1 is 1.43 bits per heavy atom. The molecule has 0 amide bonds. The third kappa shape index (κ3) is 8.23. The minimum absolute atomic E-state index is 0.233. The van der Waals surface area contributed by atoms with Gasteiger partial charge in [0.2, 0.25) is 0 Å². The van der Waals surface area contributed by atoms with Gasteiger partial charge in [0.1, 0.15) is 12.7 Å². The second-order valence-electron chi connectivity index (χ2n) is 3.19. The minimum atomic E-state index is -0.299. The summed E-state index contributed by atoms with van der Waals surface area (Å²) < 4.78 is 10.5. The van der Waals surface area contributed by atoms with Crippen LogP contribution in [0.4, 0.5) is 0 Å². The van der Waals surface area contributed by atoms with Gasteiger partial charge >= 0.3 is 0 Å². The second kappa shape index (κ2) is 10.7. The third-order valence-corrected chi connectivity index (χ3v) is 1.83. The molecule has 0 rings (SSSR count). The zero-order valence-electron chi connectivity index (χ0n) is 9.04. The van der Waals surface area contributed by atoms with Crippen molar-refractivity contribution in [1.29, 1.82) is 0 Å². The van der Waals surface area contributed by atoms with E-state index in [4.69, 9.17) is 9.47 Å². The Labute approximate surface area is 86.7 Å². The van der Waals surface area contributed by atoms with Crippen LogP contribution in [0.3, 0.4) is 0 Å². The minimum Gasteiger partial charge on any atom is -0.375 e. The topological polar surface area (TPSA) is 38.4 Å². The Kier molecular flexibility index (Phi) is 10.4. The molecule has 3 nitrogen and oxygen atoms in total. The van der Waals surface area contributed by atoms with E-state index in [1.165, 1.54) is 6.42 Å². The molecule has 1 radical (unpaired) electrons. The molecule has 1 unspecified atom stereocenters. The van der Waals surface area contributed by atoms with Crippen molar-refractivity contribution in [3.05, 3.63) is 12.7 Å². The van der Waals surface area contributed by atoms with Crippen LogP contribution in [0.5, 0.6) is 0 Å². The van der Waals surface area contributed by atoms with Crippen molar-refractivity contribution in [2.24, 2.45) is 0 Å². The van der Waals surface area contributed by atoms with Crippen molar-refractivity contribution in [2.45, 2.75) is 32.3 Å². The van der Waals surface area contributed by atoms with Gasteiger partial charge < -0.3 is 9.47 Å². The number of hydrogen-bond acceptors (Lipinski definition) is 2. The summed E-state index contributed by atoms with van der Waals surface area (Å²) in [5.74, 6) is 0. The molecule has 0 heterocycles. The maximum Gasteiger partial charge on any atom is 0.111 e. The molecule has 0 aliphatic heterocycles. The van der Waals surface area contributed by atoms with Gasteiger partial charge in [-0.15, -0.1) is 6.58 Å². The van der Waals surface area contributed by atoms with E-state index in [2.05, 4.69) is 13.5 Å². The first-order valence-electron chi connectivity index (χ1n) is 5.23. The lowest BCUT2D eigenvalue weighted by atomic mass is 10.3. The molecule has 0 saturated heterocycles. The van der Waals surface area contributed by atoms with E-state index in [1.807, 2.05) is 0 Å². The highest BCUT2D eigenvalue weighted by Crippen LogP contribution is 1.99. The fourth-order valence-electron chi connectivity index (χ4n) is 1.03. The van der Waals surface area contributed by atoms with Crippen molar-refractivity contribution < 1.29 is 14.6 Å². The Hall–Kier alpha value is -0.380. The first-order chi connectivity index (χ1) is 6.85. The van der Waals surface area contributed by atoms with Crippen LogP contribution >= 0.6 is 0 Å². The monoisotopic (exact) mass is 201 g/mol. The maximum atomic E-state index is 10.7. The summed E-state index contributed by atoms with van der Waals surface area (Å²) >= 11 is 0. The lowest BCUT2D eigenvalue weighted by Gasteiger charge is -2.14. The normalized spacial score (nSPS) is 12.7. The zero-order chi connectivity index (χ0) is 10.6. The average Bonchev–Trinajstić information content (AvgIpc) is 2.22. The van der Waals surface area contributed by atoms with Gasteiger partial charge in [-0.05, 0) is 6.42 Å². The van der Waals surface area contributed by atoms with Gasteiger partial charge in [-0.1, -0.05) is 25.8 Å². The van der Waals surface area contributed by atoms with Crippen molar-refractivity contribution in [3.8, 4) is 0 Å². The molecule has 0 aliphatic carbocycles. The lowest BCUT2D eigenvalue weighted by Crippen LogP contribution is -2.24. The molecule has 3 heteroatoms. The summed E-state index contributed by atoms with van der Waals surface area (Å²) in [6.45, 7) is 6.95. The van der Waals surface area contributed by atoms with Crippen LogP contribution in [0.15, 0.2) is 12.7 Å². The van der Waals surface area contributed by atoms with E-state index in [1.54, 1.807) is 6.08 Å². The molecular weight excluding hydrogens is 180 g/mol. The standard InChI is InChI=1S/C11H21O3/c1-3-5-6-8-14-11(9-12)10-13-7-4-2/h4,11H,2-3,5-10H2,1H3. The van der Waals surface area contributed by atoms with Crippen LogP contribution in [0.2, 0.25) is 0 Å². The van der Waals surface area contributed by atoms with E-state index >= 15 is 0 Å². The number of ether oxygens (including phenoxy) is 2. The van der Waals surface area contributed by atoms with Crippen molar-refractivity contribution >= 4 is 0 Å². The summed E-state index contributed by atoms with van der Waals surface area (Å²) in [6.07, 6.45) is 4.71. The Bertz CT molecular complexity index is 126. The lowest BCUT2D eigenvalue weighted by molar-refractivity contribution is -0.0528. The van der Waals surface area contributed by atoms with Gasteiger partial charge in [0.05, 0.1) is 13.2 Å². The van der Waals surface area contributed by atoms with Crippen molar-refractivity contribution in [1.82, 2.24) is 0 Å². The van der Waals surface area contributed by atoms with Gasteiger partial charge in [-0.2, -0.15) is 0 Å². The smallest absolute Gasteiger partial charge is 0.111 e. The van der Waals surface area contributed by atoms with Gasteiger partial charge in [0.15, 0.2) is 0 Å². The van der Waals surface area contributed by atoms with E-state index in [-0.39, 0.29) is 12.7 Å². The molecule has 0 aromatic rings. The quantitative estimate of drug-likeness (QED) is 0.401. The van der Waals surface area contributed by atoms with Crippen LogP contribution in [0.25, 0.3) is 0 Å². The van der Waals surface area contributed by atoms with E-state index in [0.29, 0.717) is 19.8 Å². The average molecular weight is 201 g/mol. The highest BCUT2D eigenvalue weighted by atomic mass is 16.5. The van der Waals surface area contributed by atoms with Gasteiger partial charge in [0.25, 0.3) is 0 Å². The van der Waals surface area contributed by atoms with E-state index < -0.39 is 0 Å². The highest BCUT2D eigenvalue weighted by Gasteiger charge is 2.07. The second-order valence-corrected chi connectivity index (χ2v) is 3.19. The molecule has 0 aliphatic rings. The molecule has 83 valence electrons. The molecule has 0 N–H and O–H groups in total. The fourth-order valence-corrected chi connectivity index (χ4v) is 1.03. The first kappa shape index (κ1) is 13.6. The Morgan fingerprint density at radius 3 is 2.79 bits per heavy atom. The van der Waals surface area contributed by atoms with Gasteiger partial charge in [-0.25, -0.2) is 5.11 Å². The first-order valence-corrected chi connectivity index (χ1v) is 5.23. The predicted octanol–water partition coefficient (Wildman–Crippen LogP) is 2.19. The number of unbranched alkanes of at least 4 members (excludes halogenated alkanes) is 2. The predicted molar refractivity (Wildman–Crippen MR) is 55.8 cm³/mol. The van der Waals surface area contributed by atoms with Gasteiger partial charge in [-0.3, -0.25) is 0 Å². The Balaban J connectivity index is 3.33. The van der Waals surface area contributed by atoms with Crippen LogP contribution in [-0.4, -0.2) is 32.5 Å². The zero-order valence-corrected chi connectivity index (χ0v) is 9.04. The van der Waals surface area contributed by atoms with Gasteiger partial charge in [0, 0.05) is 6.61 Å². The van der Waals surface area contributed by atoms with E-state index in [9.17, 15) is 5.11 Å². The molecule has 0 aromatic heterocycles. The molecular formula is C11H21O3. The van der Waals surface area contributed by atoms with Crippen LogP contribution in [0, 0.1) is 0 Å². The molecule has 0 saturated carbocycles. The highest BCUT2D eigenvalue weighted by molar-refractivity contribution is 4.65. The van der Waals surface area contributed by atoms with Crippen LogP contribution < -0.4 is 0 Å². The SMILES string of the molecule is C=CCOCC(C[O])OCCCCC. The fraction of sp³-hybridized carbons (Fsp3) is 0.818. The largest absolute Gasteiger partial charge is 0.375 e. The van der Waals surface area contributed by atoms with E-state index in [0.717, 1.165) is 12.8 Å². The summed E-state index contributed by atoms with van der Waals surface area (Å²) in [7, 11) is 0. The summed E-state index contributed by atoms with van der Waals surface area (Å²) in [6, 6.07) is 0. The molecule has 0 bridgehead atoms. The third-order valence-electron chi connectivity index (χ3n) is 1.83. The van der Waals surface area contributed by atoms with Crippen molar-refractivity contribution in [2.75, 3.05) is 26.4 Å². The number of rotatable bonds is 10. The maximum absolute atomic E-state index is 10.7. The summed E-state index contributed by atoms with van der Waals surface area (Å²) in [5, 5.41) is 10.7. The summed E-state index contributed by atoms with van der Waals surface area (Å²) in [4.78, 5) is 0. The molecule has 0 aromatic carbocycles. The molecule has 0 fully saturated rings. The van der Waals surface area contributed by atoms with Crippen LogP contribution in [0.1, 0.15) is 26.2 Å². The summed E-state index contributed by atoms with van der Waals surface area (Å²) in [5.41, 5.74) is 0. The van der Waals surface area contributed by atoms with Crippen molar-refractivity contribution in [3.63, 3.8) is 0 Å². The molecule has 14 heavy (non-hydrogen) atoms. The molecule has 0 spiro atoms. The number of hydrogen-bond donors (Lipinski definition) is 0.